The third-order valence-corrected chi connectivity index (χ3v) is 3.36. The van der Waals surface area contributed by atoms with Gasteiger partial charge in [0.05, 0.1) is 25.7 Å². The molecular formula is C15H32O4. The van der Waals surface area contributed by atoms with Crippen LogP contribution in [0.2, 0.25) is 0 Å². The molecule has 0 aliphatic rings. The van der Waals surface area contributed by atoms with Gasteiger partial charge in [0.25, 0.3) is 0 Å². The Morgan fingerprint density at radius 3 is 1.74 bits per heavy atom. The normalized spacial score (nSPS) is 13.0. The van der Waals surface area contributed by atoms with Gasteiger partial charge >= 0.3 is 5.97 Å². The van der Waals surface area contributed by atoms with Crippen molar-refractivity contribution in [2.75, 3.05) is 13.7 Å². The van der Waals surface area contributed by atoms with Crippen molar-refractivity contribution in [3.63, 3.8) is 0 Å². The minimum Gasteiger partial charge on any atom is -0.469 e. The Morgan fingerprint density at radius 2 is 1.63 bits per heavy atom. The molecule has 0 aromatic carbocycles. The number of esters is 1. The SMILES string of the molecule is CC(C)C(O)C(C)(C)CO.CCC(CC)C(=O)OC. The highest BCUT2D eigenvalue weighted by atomic mass is 16.5. The van der Waals surface area contributed by atoms with Crippen LogP contribution in [0.15, 0.2) is 0 Å². The van der Waals surface area contributed by atoms with Gasteiger partial charge < -0.3 is 14.9 Å². The van der Waals surface area contributed by atoms with Crippen molar-refractivity contribution < 1.29 is 19.7 Å². The molecule has 0 bridgehead atoms. The Labute approximate surface area is 118 Å². The Bertz CT molecular complexity index is 232. The monoisotopic (exact) mass is 276 g/mol. The maximum Gasteiger partial charge on any atom is 0.308 e. The summed E-state index contributed by atoms with van der Waals surface area (Å²) in [5.74, 6) is 0.233. The van der Waals surface area contributed by atoms with E-state index < -0.39 is 6.10 Å². The summed E-state index contributed by atoms with van der Waals surface area (Å²) in [6.45, 7) is 11.6. The molecule has 0 saturated heterocycles. The Hall–Kier alpha value is -0.610. The van der Waals surface area contributed by atoms with Crippen molar-refractivity contribution >= 4 is 5.97 Å². The van der Waals surface area contributed by atoms with Crippen LogP contribution in [-0.4, -0.2) is 36.0 Å². The molecule has 0 amide bonds. The quantitative estimate of drug-likeness (QED) is 0.732. The van der Waals surface area contributed by atoms with Gasteiger partial charge in [-0.15, -0.1) is 0 Å². The van der Waals surface area contributed by atoms with Crippen molar-refractivity contribution in [2.45, 2.75) is 60.5 Å². The first-order chi connectivity index (χ1) is 8.67. The minimum absolute atomic E-state index is 0.0341. The standard InChI is InChI=1S/C8H18O2.C7H14O2/c1-6(2)7(10)8(3,4)5-9;1-4-6(5-2)7(8)9-3/h6-7,9-10H,5H2,1-4H3;6H,4-5H2,1-3H3. The van der Waals surface area contributed by atoms with Crippen LogP contribution in [0.25, 0.3) is 0 Å². The van der Waals surface area contributed by atoms with E-state index in [1.165, 1.54) is 7.11 Å². The van der Waals surface area contributed by atoms with E-state index in [4.69, 9.17) is 5.11 Å². The molecule has 0 spiro atoms. The summed E-state index contributed by atoms with van der Waals surface area (Å²) in [5, 5.41) is 18.3. The number of carbonyl (C=O) groups is 1. The molecule has 4 heteroatoms. The summed E-state index contributed by atoms with van der Waals surface area (Å²) in [4.78, 5) is 10.8. The van der Waals surface area contributed by atoms with Crippen molar-refractivity contribution in [1.82, 2.24) is 0 Å². The van der Waals surface area contributed by atoms with Gasteiger partial charge in [0, 0.05) is 5.41 Å². The molecule has 116 valence electrons. The van der Waals surface area contributed by atoms with E-state index in [0.29, 0.717) is 0 Å². The summed E-state index contributed by atoms with van der Waals surface area (Å²) in [6.07, 6.45) is 1.34. The molecule has 2 N–H and O–H groups in total. The van der Waals surface area contributed by atoms with Crippen molar-refractivity contribution in [2.24, 2.45) is 17.3 Å². The zero-order chi connectivity index (χ0) is 15.6. The van der Waals surface area contributed by atoms with Gasteiger partial charge in [-0.25, -0.2) is 0 Å². The van der Waals surface area contributed by atoms with E-state index in [1.54, 1.807) is 0 Å². The molecule has 0 aliphatic carbocycles. The molecule has 4 nitrogen and oxygen atoms in total. The smallest absolute Gasteiger partial charge is 0.308 e. The number of aliphatic hydroxyl groups excluding tert-OH is 2. The fourth-order valence-electron chi connectivity index (χ4n) is 1.78. The summed E-state index contributed by atoms with van der Waals surface area (Å²) in [7, 11) is 1.43. The first-order valence-corrected chi connectivity index (χ1v) is 7.04. The number of ether oxygens (including phenoxy) is 1. The molecule has 0 aromatic rings. The fraction of sp³-hybridized carbons (Fsp3) is 0.933. The van der Waals surface area contributed by atoms with Gasteiger partial charge in [-0.1, -0.05) is 41.5 Å². The van der Waals surface area contributed by atoms with Crippen molar-refractivity contribution in [1.29, 1.82) is 0 Å². The molecule has 1 atom stereocenters. The average Bonchev–Trinajstić information content (AvgIpc) is 2.39. The maximum absolute atomic E-state index is 10.8. The van der Waals surface area contributed by atoms with Crippen LogP contribution in [0.3, 0.4) is 0 Å². The number of rotatable bonds is 6. The predicted octanol–water partition coefficient (Wildman–Crippen LogP) is 2.62. The van der Waals surface area contributed by atoms with Gasteiger partial charge in [-0.2, -0.15) is 0 Å². The topological polar surface area (TPSA) is 66.8 Å². The Kier molecular flexibility index (Phi) is 11.1. The lowest BCUT2D eigenvalue weighted by Gasteiger charge is -2.30. The van der Waals surface area contributed by atoms with Gasteiger partial charge in [0.2, 0.25) is 0 Å². The molecule has 0 saturated carbocycles. The lowest BCUT2D eigenvalue weighted by molar-refractivity contribution is -0.145. The van der Waals surface area contributed by atoms with Gasteiger partial charge in [-0.3, -0.25) is 4.79 Å². The van der Waals surface area contributed by atoms with E-state index >= 15 is 0 Å². The lowest BCUT2D eigenvalue weighted by atomic mass is 9.82. The molecule has 0 aromatic heterocycles. The largest absolute Gasteiger partial charge is 0.469 e. The molecule has 0 radical (unpaired) electrons. The van der Waals surface area contributed by atoms with E-state index in [-0.39, 0.29) is 29.8 Å². The first-order valence-electron chi connectivity index (χ1n) is 7.04. The number of aliphatic hydroxyl groups is 2. The van der Waals surface area contributed by atoms with Gasteiger partial charge in [0.15, 0.2) is 0 Å². The van der Waals surface area contributed by atoms with Gasteiger partial charge in [-0.05, 0) is 18.8 Å². The maximum atomic E-state index is 10.8. The second-order valence-electron chi connectivity index (χ2n) is 5.87. The van der Waals surface area contributed by atoms with Crippen LogP contribution in [-0.2, 0) is 9.53 Å². The predicted molar refractivity (Wildman–Crippen MR) is 77.8 cm³/mol. The highest BCUT2D eigenvalue weighted by Crippen LogP contribution is 2.24. The zero-order valence-corrected chi connectivity index (χ0v) is 13.6. The number of carbonyl (C=O) groups excluding carboxylic acids is 1. The number of hydrogen-bond donors (Lipinski definition) is 2. The van der Waals surface area contributed by atoms with Crippen LogP contribution in [0, 0.1) is 17.3 Å². The summed E-state index contributed by atoms with van der Waals surface area (Å²) in [6, 6.07) is 0. The highest BCUT2D eigenvalue weighted by molar-refractivity contribution is 5.71. The fourth-order valence-corrected chi connectivity index (χ4v) is 1.78. The van der Waals surface area contributed by atoms with Crippen molar-refractivity contribution in [3.05, 3.63) is 0 Å². The minimum atomic E-state index is -0.419. The number of methoxy groups -OCH3 is 1. The van der Waals surface area contributed by atoms with E-state index in [2.05, 4.69) is 4.74 Å². The summed E-state index contributed by atoms with van der Waals surface area (Å²) < 4.78 is 4.56. The lowest BCUT2D eigenvalue weighted by Crippen LogP contribution is -2.36. The second-order valence-corrected chi connectivity index (χ2v) is 5.87. The second kappa shape index (κ2) is 10.2. The van der Waals surface area contributed by atoms with Crippen LogP contribution in [0.1, 0.15) is 54.4 Å². The van der Waals surface area contributed by atoms with Crippen molar-refractivity contribution in [3.8, 4) is 0 Å². The zero-order valence-electron chi connectivity index (χ0n) is 13.6. The molecule has 0 heterocycles. The van der Waals surface area contributed by atoms with E-state index in [9.17, 15) is 9.90 Å². The molecule has 0 rings (SSSR count). The van der Waals surface area contributed by atoms with Crippen LogP contribution in [0.5, 0.6) is 0 Å². The molecule has 1 unspecified atom stereocenters. The Morgan fingerprint density at radius 1 is 1.21 bits per heavy atom. The van der Waals surface area contributed by atoms with E-state index in [0.717, 1.165) is 12.8 Å². The third kappa shape index (κ3) is 8.22. The number of hydrogen-bond acceptors (Lipinski definition) is 4. The summed E-state index contributed by atoms with van der Waals surface area (Å²) >= 11 is 0. The van der Waals surface area contributed by atoms with Crippen LogP contribution in [0.4, 0.5) is 0 Å². The van der Waals surface area contributed by atoms with Crippen LogP contribution >= 0.6 is 0 Å². The first kappa shape index (κ1) is 20.7. The Balaban J connectivity index is 0. The molecule has 0 fully saturated rings. The molecule has 19 heavy (non-hydrogen) atoms. The van der Waals surface area contributed by atoms with Gasteiger partial charge in [0.1, 0.15) is 0 Å². The van der Waals surface area contributed by atoms with Crippen LogP contribution < -0.4 is 0 Å². The third-order valence-electron chi connectivity index (χ3n) is 3.36. The highest BCUT2D eigenvalue weighted by Gasteiger charge is 2.28. The molecular weight excluding hydrogens is 244 g/mol. The summed E-state index contributed by atoms with van der Waals surface area (Å²) in [5.41, 5.74) is -0.367. The average molecular weight is 276 g/mol. The molecule has 0 aliphatic heterocycles. The van der Waals surface area contributed by atoms with E-state index in [1.807, 2.05) is 41.5 Å².